The van der Waals surface area contributed by atoms with E-state index in [1.54, 1.807) is 22.6 Å². The Hall–Kier alpha value is -1.25. The summed E-state index contributed by atoms with van der Waals surface area (Å²) in [5, 5.41) is 9.02. The average molecular weight is 381 g/mol. The zero-order valence-corrected chi connectivity index (χ0v) is 11.9. The molecule has 2 rings (SSSR count). The summed E-state index contributed by atoms with van der Waals surface area (Å²) in [4.78, 5) is 24.4. The standard InChI is InChI=1S/C12H10F2INO3/c13-7-4-6(9(15)5-8(7)14)11(17)16-3-1-2-10(16)12(18)19/h4-5,10H,1-3H2,(H,18,19)/t10-/m1/s1. The van der Waals surface area contributed by atoms with E-state index in [2.05, 4.69) is 0 Å². The quantitative estimate of drug-likeness (QED) is 0.632. The van der Waals surface area contributed by atoms with Crippen LogP contribution >= 0.6 is 22.6 Å². The number of hydrogen-bond acceptors (Lipinski definition) is 2. The van der Waals surface area contributed by atoms with Crippen molar-refractivity contribution >= 4 is 34.5 Å². The van der Waals surface area contributed by atoms with Gasteiger partial charge in [0.15, 0.2) is 11.6 Å². The maximum atomic E-state index is 13.2. The molecule has 0 bridgehead atoms. The summed E-state index contributed by atoms with van der Waals surface area (Å²) in [6, 6.07) is 0.849. The number of amides is 1. The van der Waals surface area contributed by atoms with Crippen molar-refractivity contribution in [2.75, 3.05) is 6.54 Å². The SMILES string of the molecule is O=C(O)[C@H]1CCCN1C(=O)c1cc(F)c(F)cc1I. The van der Waals surface area contributed by atoms with Gasteiger partial charge in [-0.15, -0.1) is 0 Å². The Morgan fingerprint density at radius 3 is 2.58 bits per heavy atom. The summed E-state index contributed by atoms with van der Waals surface area (Å²) in [6.45, 7) is 0.310. The van der Waals surface area contributed by atoms with Gasteiger partial charge in [-0.25, -0.2) is 13.6 Å². The molecule has 1 atom stereocenters. The molecule has 0 aromatic heterocycles. The number of carboxylic acid groups (broad SMARTS) is 1. The highest BCUT2D eigenvalue weighted by molar-refractivity contribution is 14.1. The van der Waals surface area contributed by atoms with Gasteiger partial charge in [0.05, 0.1) is 5.56 Å². The zero-order chi connectivity index (χ0) is 14.2. The second kappa shape index (κ2) is 5.40. The molecule has 7 heteroatoms. The first kappa shape index (κ1) is 14.2. The van der Waals surface area contributed by atoms with Crippen molar-refractivity contribution in [3.8, 4) is 0 Å². The third kappa shape index (κ3) is 2.70. The maximum Gasteiger partial charge on any atom is 0.326 e. The van der Waals surface area contributed by atoms with Gasteiger partial charge in [0.2, 0.25) is 0 Å². The first-order chi connectivity index (χ1) is 8.91. The van der Waals surface area contributed by atoms with Gasteiger partial charge in [-0.1, -0.05) is 0 Å². The van der Waals surface area contributed by atoms with Crippen LogP contribution in [-0.2, 0) is 4.79 Å². The second-order valence-corrected chi connectivity index (χ2v) is 5.40. The molecule has 1 saturated heterocycles. The largest absolute Gasteiger partial charge is 0.480 e. The number of carbonyl (C=O) groups excluding carboxylic acids is 1. The predicted octanol–water partition coefficient (Wildman–Crippen LogP) is 2.26. The van der Waals surface area contributed by atoms with E-state index in [9.17, 15) is 18.4 Å². The number of likely N-dealkylation sites (tertiary alicyclic amines) is 1. The van der Waals surface area contributed by atoms with Crippen molar-refractivity contribution in [1.82, 2.24) is 4.90 Å². The fourth-order valence-corrected chi connectivity index (χ4v) is 2.77. The monoisotopic (exact) mass is 381 g/mol. The first-order valence-electron chi connectivity index (χ1n) is 5.60. The molecule has 0 unspecified atom stereocenters. The van der Waals surface area contributed by atoms with E-state index in [1.165, 1.54) is 4.90 Å². The molecule has 1 amide bonds. The van der Waals surface area contributed by atoms with Crippen LogP contribution in [0.1, 0.15) is 23.2 Å². The lowest BCUT2D eigenvalue weighted by molar-refractivity contribution is -0.141. The Kier molecular flexibility index (Phi) is 4.02. The number of nitrogens with zero attached hydrogens (tertiary/aromatic N) is 1. The summed E-state index contributed by atoms with van der Waals surface area (Å²) in [7, 11) is 0. The van der Waals surface area contributed by atoms with Crippen LogP contribution < -0.4 is 0 Å². The summed E-state index contributed by atoms with van der Waals surface area (Å²) in [5.74, 6) is -3.80. The van der Waals surface area contributed by atoms with Gasteiger partial charge in [-0.2, -0.15) is 0 Å². The van der Waals surface area contributed by atoms with Crippen LogP contribution in [0.2, 0.25) is 0 Å². The zero-order valence-electron chi connectivity index (χ0n) is 9.70. The van der Waals surface area contributed by atoms with Crippen LogP contribution in [0, 0.1) is 15.2 Å². The predicted molar refractivity (Wildman–Crippen MR) is 70.8 cm³/mol. The number of halogens is 3. The number of carboxylic acids is 1. The molecule has 0 saturated carbocycles. The molecule has 1 aliphatic heterocycles. The fraction of sp³-hybridized carbons (Fsp3) is 0.333. The van der Waals surface area contributed by atoms with Crippen LogP contribution in [0.5, 0.6) is 0 Å². The van der Waals surface area contributed by atoms with Gasteiger partial charge >= 0.3 is 5.97 Å². The lowest BCUT2D eigenvalue weighted by Gasteiger charge is -2.22. The highest BCUT2D eigenvalue weighted by Crippen LogP contribution is 2.24. The van der Waals surface area contributed by atoms with Crippen molar-refractivity contribution in [2.24, 2.45) is 0 Å². The van der Waals surface area contributed by atoms with Gasteiger partial charge < -0.3 is 10.0 Å². The molecule has 1 N–H and O–H groups in total. The van der Waals surface area contributed by atoms with Gasteiger partial charge in [-0.05, 0) is 47.6 Å². The van der Waals surface area contributed by atoms with Gasteiger partial charge in [0.1, 0.15) is 6.04 Å². The smallest absolute Gasteiger partial charge is 0.326 e. The summed E-state index contributed by atoms with van der Waals surface area (Å²) in [6.07, 6.45) is 0.963. The minimum Gasteiger partial charge on any atom is -0.480 e. The van der Waals surface area contributed by atoms with E-state index in [4.69, 9.17) is 5.11 Å². The highest BCUT2D eigenvalue weighted by atomic mass is 127. The molecule has 1 aromatic carbocycles. The lowest BCUT2D eigenvalue weighted by Crippen LogP contribution is -2.40. The highest BCUT2D eigenvalue weighted by Gasteiger charge is 2.35. The van der Waals surface area contributed by atoms with E-state index < -0.39 is 29.6 Å². The van der Waals surface area contributed by atoms with Crippen LogP contribution in [0.4, 0.5) is 8.78 Å². The van der Waals surface area contributed by atoms with E-state index >= 15 is 0 Å². The molecule has 1 heterocycles. The molecule has 1 aliphatic rings. The molecule has 0 spiro atoms. The van der Waals surface area contributed by atoms with Crippen LogP contribution in [0.3, 0.4) is 0 Å². The second-order valence-electron chi connectivity index (χ2n) is 4.24. The Morgan fingerprint density at radius 1 is 1.32 bits per heavy atom. The number of benzene rings is 1. The summed E-state index contributed by atoms with van der Waals surface area (Å²) >= 11 is 1.73. The lowest BCUT2D eigenvalue weighted by atomic mass is 10.1. The van der Waals surface area contributed by atoms with E-state index in [1.807, 2.05) is 0 Å². The van der Waals surface area contributed by atoms with Gasteiger partial charge in [-0.3, -0.25) is 4.79 Å². The first-order valence-corrected chi connectivity index (χ1v) is 6.68. The minimum absolute atomic E-state index is 0.00681. The Balaban J connectivity index is 2.34. The number of aliphatic carboxylic acids is 1. The van der Waals surface area contributed by atoms with E-state index in [-0.39, 0.29) is 9.13 Å². The van der Waals surface area contributed by atoms with Crippen LogP contribution in [-0.4, -0.2) is 34.5 Å². The van der Waals surface area contributed by atoms with Crippen molar-refractivity contribution in [3.05, 3.63) is 32.9 Å². The molecule has 102 valence electrons. The van der Waals surface area contributed by atoms with Gasteiger partial charge in [0, 0.05) is 10.1 Å². The molecule has 0 aliphatic carbocycles. The molecule has 1 fully saturated rings. The minimum atomic E-state index is -1.12. The average Bonchev–Trinajstić information content (AvgIpc) is 2.82. The van der Waals surface area contributed by atoms with Crippen molar-refractivity contribution in [2.45, 2.75) is 18.9 Å². The number of rotatable bonds is 2. The van der Waals surface area contributed by atoms with Crippen molar-refractivity contribution in [1.29, 1.82) is 0 Å². The third-order valence-corrected chi connectivity index (χ3v) is 3.93. The van der Waals surface area contributed by atoms with Gasteiger partial charge in [0.25, 0.3) is 5.91 Å². The fourth-order valence-electron chi connectivity index (χ4n) is 2.11. The molecule has 0 radical (unpaired) electrons. The number of hydrogen-bond donors (Lipinski definition) is 1. The molecule has 4 nitrogen and oxygen atoms in total. The Labute approximate surface area is 121 Å². The van der Waals surface area contributed by atoms with Crippen molar-refractivity contribution in [3.63, 3.8) is 0 Å². The maximum absolute atomic E-state index is 13.2. The molecule has 19 heavy (non-hydrogen) atoms. The van der Waals surface area contributed by atoms with Crippen LogP contribution in [0.25, 0.3) is 0 Å². The number of carbonyl (C=O) groups is 2. The topological polar surface area (TPSA) is 57.6 Å². The molecular formula is C12H10F2INO3. The van der Waals surface area contributed by atoms with E-state index in [0.717, 1.165) is 12.1 Å². The summed E-state index contributed by atoms with van der Waals surface area (Å²) in [5.41, 5.74) is -0.00681. The normalized spacial score (nSPS) is 18.7. The van der Waals surface area contributed by atoms with Crippen molar-refractivity contribution < 1.29 is 23.5 Å². The summed E-state index contributed by atoms with van der Waals surface area (Å²) < 4.78 is 26.5. The molecular weight excluding hydrogens is 371 g/mol. The van der Waals surface area contributed by atoms with E-state index in [0.29, 0.717) is 19.4 Å². The Morgan fingerprint density at radius 2 is 1.95 bits per heavy atom. The third-order valence-electron chi connectivity index (χ3n) is 3.04. The Bertz CT molecular complexity index is 550. The van der Waals surface area contributed by atoms with Crippen LogP contribution in [0.15, 0.2) is 12.1 Å². The molecule has 1 aromatic rings.